The monoisotopic (exact) mass is 498 g/mol. The lowest BCUT2D eigenvalue weighted by Crippen LogP contribution is -2.42. The van der Waals surface area contributed by atoms with E-state index in [2.05, 4.69) is 10.6 Å². The van der Waals surface area contributed by atoms with Gasteiger partial charge in [0.2, 0.25) is 11.8 Å². The van der Waals surface area contributed by atoms with Crippen LogP contribution >= 0.6 is 12.2 Å². The molecule has 3 rings (SSSR count). The van der Waals surface area contributed by atoms with Crippen LogP contribution in [0.15, 0.2) is 48.5 Å². The lowest BCUT2D eigenvalue weighted by Gasteiger charge is -2.24. The fourth-order valence-electron chi connectivity index (χ4n) is 3.67. The van der Waals surface area contributed by atoms with Crippen LogP contribution in [0.4, 0.5) is 11.4 Å². The van der Waals surface area contributed by atoms with E-state index in [0.29, 0.717) is 23.7 Å². The molecule has 2 aromatic carbocycles. The van der Waals surface area contributed by atoms with Gasteiger partial charge in [-0.15, -0.1) is 0 Å². The lowest BCUT2D eigenvalue weighted by molar-refractivity contribution is -0.124. The van der Waals surface area contributed by atoms with Gasteiger partial charge in [-0.1, -0.05) is 13.0 Å². The van der Waals surface area contributed by atoms with Crippen LogP contribution in [0.25, 0.3) is 0 Å². The van der Waals surface area contributed by atoms with E-state index in [0.717, 1.165) is 12.2 Å². The van der Waals surface area contributed by atoms with Gasteiger partial charge in [-0.2, -0.15) is 0 Å². The molecule has 1 aliphatic rings. The van der Waals surface area contributed by atoms with Gasteiger partial charge in [-0.3, -0.25) is 19.3 Å². The second-order valence-corrected chi connectivity index (χ2v) is 8.34. The molecule has 1 aliphatic heterocycles. The average Bonchev–Trinajstić information content (AvgIpc) is 3.07. The van der Waals surface area contributed by atoms with E-state index in [1.54, 1.807) is 60.5 Å². The zero-order valence-electron chi connectivity index (χ0n) is 20.1. The fraction of sp³-hybridized carbons (Fsp3) is 0.360. The largest absolute Gasteiger partial charge is 0.497 e. The van der Waals surface area contributed by atoms with Crippen molar-refractivity contribution in [2.24, 2.45) is 0 Å². The molecule has 1 heterocycles. The highest BCUT2D eigenvalue weighted by Gasteiger charge is 2.44. The summed E-state index contributed by atoms with van der Waals surface area (Å²) >= 11 is 5.62. The molecule has 10 heteroatoms. The molecule has 0 unspecified atom stereocenters. The second-order valence-electron chi connectivity index (χ2n) is 7.97. The predicted molar refractivity (Wildman–Crippen MR) is 138 cm³/mol. The molecule has 1 saturated heterocycles. The number of nitrogens with one attached hydrogen (secondary N) is 2. The van der Waals surface area contributed by atoms with Crippen molar-refractivity contribution in [2.75, 3.05) is 37.0 Å². The van der Waals surface area contributed by atoms with Crippen molar-refractivity contribution >= 4 is 46.4 Å². The Kier molecular flexibility index (Phi) is 9.02. The Morgan fingerprint density at radius 2 is 1.86 bits per heavy atom. The van der Waals surface area contributed by atoms with Crippen LogP contribution in [0.1, 0.15) is 26.7 Å². The van der Waals surface area contributed by atoms with Crippen molar-refractivity contribution in [1.29, 1.82) is 0 Å². The quantitative estimate of drug-likeness (QED) is 0.460. The maximum atomic E-state index is 13.4. The van der Waals surface area contributed by atoms with E-state index in [1.165, 1.54) is 11.8 Å². The molecule has 0 saturated carbocycles. The van der Waals surface area contributed by atoms with Crippen molar-refractivity contribution in [3.63, 3.8) is 0 Å². The Bertz CT molecular complexity index is 1080. The number of hydrogen-bond acceptors (Lipinski definition) is 6. The first-order valence-corrected chi connectivity index (χ1v) is 11.8. The summed E-state index contributed by atoms with van der Waals surface area (Å²) in [6, 6.07) is 13.3. The molecule has 0 radical (unpaired) electrons. The number of hydrogen-bond donors (Lipinski definition) is 2. The summed E-state index contributed by atoms with van der Waals surface area (Å²) in [7, 11) is 1.54. The van der Waals surface area contributed by atoms with Crippen molar-refractivity contribution < 1.29 is 23.9 Å². The molecule has 3 amide bonds. The van der Waals surface area contributed by atoms with Gasteiger partial charge in [0, 0.05) is 31.8 Å². The number of rotatable bonds is 11. The first-order valence-electron chi connectivity index (χ1n) is 11.4. The number of nitrogens with zero attached hydrogens (tertiary/aromatic N) is 2. The van der Waals surface area contributed by atoms with Crippen LogP contribution < -0.4 is 25.0 Å². The minimum absolute atomic E-state index is 0.104. The molecule has 2 N–H and O–H groups in total. The van der Waals surface area contributed by atoms with Crippen molar-refractivity contribution in [2.45, 2.75) is 32.7 Å². The molecule has 35 heavy (non-hydrogen) atoms. The zero-order chi connectivity index (χ0) is 25.4. The predicted octanol–water partition coefficient (Wildman–Crippen LogP) is 2.95. The van der Waals surface area contributed by atoms with Crippen LogP contribution in [-0.2, 0) is 14.4 Å². The van der Waals surface area contributed by atoms with Gasteiger partial charge in [0.05, 0.1) is 25.8 Å². The van der Waals surface area contributed by atoms with Crippen LogP contribution in [0.5, 0.6) is 11.5 Å². The number of ether oxygens (including phenoxy) is 2. The molecule has 0 aromatic heterocycles. The first kappa shape index (κ1) is 26.0. The Balaban J connectivity index is 1.75. The maximum Gasteiger partial charge on any atom is 0.256 e. The van der Waals surface area contributed by atoms with E-state index in [-0.39, 0.29) is 42.3 Å². The van der Waals surface area contributed by atoms with Crippen LogP contribution in [0.3, 0.4) is 0 Å². The van der Waals surface area contributed by atoms with Gasteiger partial charge in [-0.05, 0) is 55.0 Å². The van der Waals surface area contributed by atoms with Crippen LogP contribution in [0.2, 0.25) is 0 Å². The van der Waals surface area contributed by atoms with Gasteiger partial charge in [-0.25, -0.2) is 0 Å². The molecule has 2 aromatic rings. The van der Waals surface area contributed by atoms with E-state index < -0.39 is 6.04 Å². The Morgan fingerprint density at radius 1 is 1.11 bits per heavy atom. The SMILES string of the molecule is CCCOc1ccc(NC(=O)C[C@@H]2C(=O)N(c3cccc(OC)c3)C(=S)N2CCNC(C)=O)cc1. The Morgan fingerprint density at radius 3 is 2.51 bits per heavy atom. The summed E-state index contributed by atoms with van der Waals surface area (Å²) in [6.45, 7) is 4.63. The molecular weight excluding hydrogens is 468 g/mol. The number of carbonyl (C=O) groups excluding carboxylic acids is 3. The number of anilines is 2. The lowest BCUT2D eigenvalue weighted by atomic mass is 10.1. The van der Waals surface area contributed by atoms with E-state index >= 15 is 0 Å². The molecular formula is C25H30N4O5S. The highest BCUT2D eigenvalue weighted by atomic mass is 32.1. The number of thiocarbonyl (C=S) groups is 1. The molecule has 1 fully saturated rings. The molecule has 0 spiro atoms. The third-order valence-corrected chi connectivity index (χ3v) is 5.76. The second kappa shape index (κ2) is 12.2. The number of amides is 3. The molecule has 9 nitrogen and oxygen atoms in total. The summed E-state index contributed by atoms with van der Waals surface area (Å²) in [5.41, 5.74) is 1.15. The normalized spacial score (nSPS) is 15.2. The minimum Gasteiger partial charge on any atom is -0.497 e. The Labute approximate surface area is 210 Å². The smallest absolute Gasteiger partial charge is 0.256 e. The average molecular weight is 499 g/mol. The fourth-order valence-corrected chi connectivity index (χ4v) is 4.08. The van der Waals surface area contributed by atoms with Crippen molar-refractivity contribution in [1.82, 2.24) is 10.2 Å². The summed E-state index contributed by atoms with van der Waals surface area (Å²) in [4.78, 5) is 40.7. The highest BCUT2D eigenvalue weighted by Crippen LogP contribution is 2.29. The summed E-state index contributed by atoms with van der Waals surface area (Å²) in [5.74, 6) is 0.469. The number of benzene rings is 2. The summed E-state index contributed by atoms with van der Waals surface area (Å²) in [5, 5.41) is 5.81. The summed E-state index contributed by atoms with van der Waals surface area (Å²) in [6.07, 6.45) is 0.800. The highest BCUT2D eigenvalue weighted by molar-refractivity contribution is 7.80. The van der Waals surface area contributed by atoms with Gasteiger partial charge in [0.25, 0.3) is 5.91 Å². The van der Waals surface area contributed by atoms with Crippen LogP contribution in [-0.4, -0.2) is 60.6 Å². The number of methoxy groups -OCH3 is 1. The molecule has 1 atom stereocenters. The molecule has 0 bridgehead atoms. The number of carbonyl (C=O) groups is 3. The standard InChI is InChI=1S/C25H30N4O5S/c1-4-14-34-20-10-8-18(9-11-20)27-23(31)16-22-24(32)29(19-6-5-7-21(15-19)33-3)25(35)28(22)13-12-26-17(2)30/h5-11,15,22H,4,12-14,16H2,1-3H3,(H,26,30)(H,27,31)/t22-/m1/s1. The minimum atomic E-state index is -0.811. The zero-order valence-corrected chi connectivity index (χ0v) is 20.9. The van der Waals surface area contributed by atoms with Gasteiger partial charge in [0.1, 0.15) is 17.5 Å². The van der Waals surface area contributed by atoms with E-state index in [4.69, 9.17) is 21.7 Å². The van der Waals surface area contributed by atoms with Crippen LogP contribution in [0, 0.1) is 0 Å². The van der Waals surface area contributed by atoms with Gasteiger partial charge >= 0.3 is 0 Å². The third-order valence-electron chi connectivity index (χ3n) is 5.35. The summed E-state index contributed by atoms with van der Waals surface area (Å²) < 4.78 is 10.8. The van der Waals surface area contributed by atoms with E-state index in [1.807, 2.05) is 6.92 Å². The third kappa shape index (κ3) is 6.69. The van der Waals surface area contributed by atoms with Gasteiger partial charge in [0.15, 0.2) is 5.11 Å². The van der Waals surface area contributed by atoms with Crippen molar-refractivity contribution in [3.8, 4) is 11.5 Å². The van der Waals surface area contributed by atoms with Crippen molar-refractivity contribution in [3.05, 3.63) is 48.5 Å². The molecule has 0 aliphatic carbocycles. The first-order chi connectivity index (χ1) is 16.8. The molecule has 186 valence electrons. The Hall–Kier alpha value is -3.66. The van der Waals surface area contributed by atoms with Gasteiger partial charge < -0.3 is 25.0 Å². The van der Waals surface area contributed by atoms with E-state index in [9.17, 15) is 14.4 Å². The maximum absolute atomic E-state index is 13.4. The topological polar surface area (TPSA) is 100 Å².